The average molecular weight is 206 g/mol. The fourth-order valence-electron chi connectivity index (χ4n) is 1.04. The number of nitrogens with two attached hydrogens (primary N) is 1. The van der Waals surface area contributed by atoms with Gasteiger partial charge in [0, 0.05) is 29.5 Å². The first-order valence-electron chi connectivity index (χ1n) is 4.23. The molecule has 0 aliphatic rings. The summed E-state index contributed by atoms with van der Waals surface area (Å²) in [4.78, 5) is 21.2. The van der Waals surface area contributed by atoms with Gasteiger partial charge in [-0.2, -0.15) is 0 Å². The Kier molecular flexibility index (Phi) is 3.17. The standard InChI is InChI=1S/C10H10N2O3/c1-7(11)6-10(13)8-2-4-9(5-3-8)12(14)15/h2-6H,11H2,1H3. The van der Waals surface area contributed by atoms with E-state index >= 15 is 0 Å². The first-order valence-corrected chi connectivity index (χ1v) is 4.23. The van der Waals surface area contributed by atoms with Gasteiger partial charge in [-0.1, -0.05) is 0 Å². The molecule has 0 saturated heterocycles. The number of hydrogen-bond acceptors (Lipinski definition) is 4. The highest BCUT2D eigenvalue weighted by atomic mass is 16.6. The van der Waals surface area contributed by atoms with Crippen LogP contribution in [-0.4, -0.2) is 10.7 Å². The van der Waals surface area contributed by atoms with Crippen molar-refractivity contribution in [1.82, 2.24) is 0 Å². The Morgan fingerprint density at radius 3 is 2.33 bits per heavy atom. The second-order valence-corrected chi connectivity index (χ2v) is 3.06. The lowest BCUT2D eigenvalue weighted by Gasteiger charge is -1.96. The molecule has 0 atom stereocenters. The highest BCUT2D eigenvalue weighted by Crippen LogP contribution is 2.12. The summed E-state index contributed by atoms with van der Waals surface area (Å²) in [6, 6.07) is 5.37. The van der Waals surface area contributed by atoms with E-state index in [1.165, 1.54) is 30.3 Å². The molecule has 0 bridgehead atoms. The van der Waals surface area contributed by atoms with Crippen LogP contribution < -0.4 is 5.73 Å². The molecular weight excluding hydrogens is 196 g/mol. The maximum Gasteiger partial charge on any atom is 0.269 e. The third kappa shape index (κ3) is 2.91. The van der Waals surface area contributed by atoms with Crippen LogP contribution in [0, 0.1) is 10.1 Å². The molecule has 0 unspecified atom stereocenters. The van der Waals surface area contributed by atoms with Crippen molar-refractivity contribution in [2.24, 2.45) is 5.73 Å². The second kappa shape index (κ2) is 4.36. The molecule has 0 radical (unpaired) electrons. The van der Waals surface area contributed by atoms with Gasteiger partial charge in [-0.25, -0.2) is 0 Å². The SMILES string of the molecule is CC(N)=CC(=O)c1ccc([N+](=O)[O-])cc1. The molecule has 0 heterocycles. The van der Waals surface area contributed by atoms with Crippen molar-refractivity contribution in [3.05, 3.63) is 51.7 Å². The number of nitro groups is 1. The average Bonchev–Trinajstić information content (AvgIpc) is 2.17. The molecule has 5 nitrogen and oxygen atoms in total. The monoisotopic (exact) mass is 206 g/mol. The van der Waals surface area contributed by atoms with Gasteiger partial charge in [0.05, 0.1) is 4.92 Å². The fraction of sp³-hybridized carbons (Fsp3) is 0.100. The smallest absolute Gasteiger partial charge is 0.269 e. The van der Waals surface area contributed by atoms with Crippen molar-refractivity contribution in [2.75, 3.05) is 0 Å². The van der Waals surface area contributed by atoms with Gasteiger partial charge in [0.2, 0.25) is 0 Å². The Labute approximate surface area is 86.4 Å². The van der Waals surface area contributed by atoms with E-state index in [1.807, 2.05) is 0 Å². The Hall–Kier alpha value is -2.17. The van der Waals surface area contributed by atoms with Gasteiger partial charge in [-0.05, 0) is 19.1 Å². The zero-order valence-electron chi connectivity index (χ0n) is 8.14. The van der Waals surface area contributed by atoms with Crippen LogP contribution in [0.4, 0.5) is 5.69 Å². The predicted molar refractivity (Wildman–Crippen MR) is 55.4 cm³/mol. The minimum absolute atomic E-state index is 0.0417. The van der Waals surface area contributed by atoms with Crippen molar-refractivity contribution in [3.63, 3.8) is 0 Å². The number of nitrogens with zero attached hydrogens (tertiary/aromatic N) is 1. The van der Waals surface area contributed by atoms with Gasteiger partial charge < -0.3 is 5.73 Å². The van der Waals surface area contributed by atoms with E-state index in [2.05, 4.69) is 0 Å². The molecule has 5 heteroatoms. The normalized spacial score (nSPS) is 11.1. The molecule has 2 N–H and O–H groups in total. The largest absolute Gasteiger partial charge is 0.402 e. The first kappa shape index (κ1) is 10.9. The summed E-state index contributed by atoms with van der Waals surface area (Å²) in [6.07, 6.45) is 1.28. The second-order valence-electron chi connectivity index (χ2n) is 3.06. The van der Waals surface area contributed by atoms with Crippen LogP contribution in [0.15, 0.2) is 36.0 Å². The Bertz CT molecular complexity index is 417. The topological polar surface area (TPSA) is 86.2 Å². The zero-order chi connectivity index (χ0) is 11.4. The number of rotatable bonds is 3. The summed E-state index contributed by atoms with van der Waals surface area (Å²) >= 11 is 0. The van der Waals surface area contributed by atoms with E-state index in [9.17, 15) is 14.9 Å². The van der Waals surface area contributed by atoms with E-state index in [-0.39, 0.29) is 11.5 Å². The molecule has 1 aromatic rings. The van der Waals surface area contributed by atoms with Gasteiger partial charge in [0.25, 0.3) is 5.69 Å². The Morgan fingerprint density at radius 2 is 1.93 bits per heavy atom. The predicted octanol–water partition coefficient (Wildman–Crippen LogP) is 1.64. The highest BCUT2D eigenvalue weighted by molar-refractivity contribution is 6.04. The number of benzene rings is 1. The number of nitro benzene ring substituents is 1. The quantitative estimate of drug-likeness (QED) is 0.352. The molecule has 0 aromatic heterocycles. The minimum atomic E-state index is -0.516. The maximum atomic E-state index is 11.4. The number of carbonyl (C=O) groups is 1. The summed E-state index contributed by atoms with van der Waals surface area (Å²) in [5.41, 5.74) is 6.08. The van der Waals surface area contributed by atoms with Crippen LogP contribution in [0.2, 0.25) is 0 Å². The van der Waals surface area contributed by atoms with Crippen molar-refractivity contribution in [1.29, 1.82) is 0 Å². The summed E-state index contributed by atoms with van der Waals surface area (Å²) < 4.78 is 0. The van der Waals surface area contributed by atoms with Crippen molar-refractivity contribution in [3.8, 4) is 0 Å². The van der Waals surface area contributed by atoms with Crippen molar-refractivity contribution in [2.45, 2.75) is 6.92 Å². The summed E-state index contributed by atoms with van der Waals surface area (Å²) in [6.45, 7) is 1.60. The number of carbonyl (C=O) groups excluding carboxylic acids is 1. The van der Waals surface area contributed by atoms with Crippen LogP contribution in [0.3, 0.4) is 0 Å². The van der Waals surface area contributed by atoms with Gasteiger partial charge in [0.1, 0.15) is 0 Å². The van der Waals surface area contributed by atoms with Gasteiger partial charge in [0.15, 0.2) is 5.78 Å². The molecular formula is C10H10N2O3. The minimum Gasteiger partial charge on any atom is -0.402 e. The van der Waals surface area contributed by atoms with E-state index in [0.717, 1.165) is 0 Å². The lowest BCUT2D eigenvalue weighted by atomic mass is 10.1. The van der Waals surface area contributed by atoms with E-state index in [4.69, 9.17) is 5.73 Å². The number of hydrogen-bond donors (Lipinski definition) is 1. The first-order chi connectivity index (χ1) is 7.00. The van der Waals surface area contributed by atoms with Crippen LogP contribution >= 0.6 is 0 Å². The van der Waals surface area contributed by atoms with Gasteiger partial charge in [-0.15, -0.1) is 0 Å². The molecule has 1 aromatic carbocycles. The molecule has 0 aliphatic heterocycles. The van der Waals surface area contributed by atoms with Crippen LogP contribution in [-0.2, 0) is 0 Å². The third-order valence-corrected chi connectivity index (χ3v) is 1.72. The third-order valence-electron chi connectivity index (χ3n) is 1.72. The van der Waals surface area contributed by atoms with E-state index in [0.29, 0.717) is 11.3 Å². The molecule has 0 amide bonds. The summed E-state index contributed by atoms with van der Waals surface area (Å²) in [5.74, 6) is -0.259. The summed E-state index contributed by atoms with van der Waals surface area (Å²) in [7, 11) is 0. The van der Waals surface area contributed by atoms with Crippen molar-refractivity contribution < 1.29 is 9.72 Å². The Morgan fingerprint density at radius 1 is 1.40 bits per heavy atom. The lowest BCUT2D eigenvalue weighted by Crippen LogP contribution is -2.00. The molecule has 0 fully saturated rings. The fourth-order valence-corrected chi connectivity index (χ4v) is 1.04. The molecule has 0 aliphatic carbocycles. The van der Waals surface area contributed by atoms with Crippen LogP contribution in [0.1, 0.15) is 17.3 Å². The molecule has 1 rings (SSSR count). The molecule has 0 spiro atoms. The highest BCUT2D eigenvalue weighted by Gasteiger charge is 2.07. The van der Waals surface area contributed by atoms with Crippen LogP contribution in [0.25, 0.3) is 0 Å². The number of ketones is 1. The summed E-state index contributed by atoms with van der Waals surface area (Å²) in [5, 5.41) is 10.3. The van der Waals surface area contributed by atoms with Crippen LogP contribution in [0.5, 0.6) is 0 Å². The van der Waals surface area contributed by atoms with Crippen molar-refractivity contribution >= 4 is 11.5 Å². The number of allylic oxidation sites excluding steroid dienone is 2. The van der Waals surface area contributed by atoms with E-state index < -0.39 is 4.92 Å². The van der Waals surface area contributed by atoms with E-state index in [1.54, 1.807) is 6.92 Å². The molecule has 78 valence electrons. The number of non-ortho nitro benzene ring substituents is 1. The van der Waals surface area contributed by atoms with Gasteiger partial charge >= 0.3 is 0 Å². The molecule has 15 heavy (non-hydrogen) atoms. The van der Waals surface area contributed by atoms with Gasteiger partial charge in [-0.3, -0.25) is 14.9 Å². The molecule has 0 saturated carbocycles. The zero-order valence-corrected chi connectivity index (χ0v) is 8.14. The lowest BCUT2D eigenvalue weighted by molar-refractivity contribution is -0.384. The maximum absolute atomic E-state index is 11.4. The Balaban J connectivity index is 2.94.